The summed E-state index contributed by atoms with van der Waals surface area (Å²) in [6.07, 6.45) is 3.77. The van der Waals surface area contributed by atoms with Gasteiger partial charge >= 0.3 is 0 Å². The fourth-order valence-corrected chi connectivity index (χ4v) is 4.22. The van der Waals surface area contributed by atoms with Crippen molar-refractivity contribution in [2.45, 2.75) is 23.8 Å². The van der Waals surface area contributed by atoms with Crippen molar-refractivity contribution in [1.82, 2.24) is 9.97 Å². The largest absolute Gasteiger partial charge is 0.463 e. The number of carbonyl (C=O) groups excluding carboxylic acids is 1. The molecular weight excluding hydrogens is 445 g/mol. The van der Waals surface area contributed by atoms with Gasteiger partial charge in [0.05, 0.1) is 28.5 Å². The Labute approximate surface area is 187 Å². The maximum Gasteiger partial charge on any atom is 0.238 e. The molecule has 30 heavy (non-hydrogen) atoms. The van der Waals surface area contributed by atoms with Crippen molar-refractivity contribution in [3.63, 3.8) is 0 Å². The van der Waals surface area contributed by atoms with E-state index in [4.69, 9.17) is 32.0 Å². The maximum atomic E-state index is 12.8. The van der Waals surface area contributed by atoms with E-state index >= 15 is 0 Å². The number of imidazole rings is 1. The smallest absolute Gasteiger partial charge is 0.238 e. The number of furan rings is 2. The van der Waals surface area contributed by atoms with Crippen molar-refractivity contribution in [2.75, 3.05) is 5.32 Å². The zero-order valence-corrected chi connectivity index (χ0v) is 18.1. The summed E-state index contributed by atoms with van der Waals surface area (Å²) in [6, 6.07) is 12.2. The Balaban J connectivity index is 1.57. The van der Waals surface area contributed by atoms with Crippen molar-refractivity contribution >= 4 is 46.6 Å². The van der Waals surface area contributed by atoms with Gasteiger partial charge in [0.2, 0.25) is 5.91 Å². The van der Waals surface area contributed by atoms with Crippen LogP contribution in [0.25, 0.3) is 22.9 Å². The van der Waals surface area contributed by atoms with E-state index in [-0.39, 0.29) is 5.91 Å². The molecule has 9 heteroatoms. The van der Waals surface area contributed by atoms with Crippen LogP contribution in [0.1, 0.15) is 13.3 Å². The first kappa shape index (κ1) is 20.7. The molecule has 1 aromatic carbocycles. The number of halogens is 2. The first-order chi connectivity index (χ1) is 14.5. The molecular formula is C21H17Cl2N3O3S. The number of aromatic nitrogens is 2. The predicted octanol–water partition coefficient (Wildman–Crippen LogP) is 6.75. The number of rotatable bonds is 7. The minimum Gasteiger partial charge on any atom is -0.463 e. The first-order valence-corrected chi connectivity index (χ1v) is 10.8. The van der Waals surface area contributed by atoms with E-state index in [1.165, 1.54) is 11.8 Å². The van der Waals surface area contributed by atoms with E-state index in [0.717, 1.165) is 0 Å². The van der Waals surface area contributed by atoms with Crippen LogP contribution in [0, 0.1) is 0 Å². The third-order valence-electron chi connectivity index (χ3n) is 4.31. The second-order valence-electron chi connectivity index (χ2n) is 6.35. The van der Waals surface area contributed by atoms with Gasteiger partial charge in [-0.25, -0.2) is 4.98 Å². The van der Waals surface area contributed by atoms with E-state index < -0.39 is 5.25 Å². The zero-order chi connectivity index (χ0) is 21.1. The highest BCUT2D eigenvalue weighted by Crippen LogP contribution is 2.35. The van der Waals surface area contributed by atoms with Crippen molar-refractivity contribution in [3.05, 3.63) is 65.0 Å². The van der Waals surface area contributed by atoms with Crippen LogP contribution in [0.5, 0.6) is 0 Å². The lowest BCUT2D eigenvalue weighted by atomic mass is 10.2. The Morgan fingerprint density at radius 3 is 2.53 bits per heavy atom. The number of carbonyl (C=O) groups is 1. The number of hydrogen-bond acceptors (Lipinski definition) is 5. The second kappa shape index (κ2) is 9.04. The summed E-state index contributed by atoms with van der Waals surface area (Å²) in [5, 5.41) is 3.93. The number of aromatic amines is 1. The molecule has 3 aromatic heterocycles. The molecule has 1 amide bonds. The fourth-order valence-electron chi connectivity index (χ4n) is 2.86. The monoisotopic (exact) mass is 461 g/mol. The third-order valence-corrected chi connectivity index (χ3v) is 6.11. The second-order valence-corrected chi connectivity index (χ2v) is 8.38. The zero-order valence-electron chi connectivity index (χ0n) is 15.8. The van der Waals surface area contributed by atoms with Crippen molar-refractivity contribution in [2.24, 2.45) is 0 Å². The number of hydrogen-bond donors (Lipinski definition) is 2. The molecule has 6 nitrogen and oxygen atoms in total. The quantitative estimate of drug-likeness (QED) is 0.297. The highest BCUT2D eigenvalue weighted by molar-refractivity contribution is 8.00. The highest BCUT2D eigenvalue weighted by Gasteiger charge is 2.24. The Bertz CT molecular complexity index is 1090. The van der Waals surface area contributed by atoms with Crippen molar-refractivity contribution < 1.29 is 13.6 Å². The number of amides is 1. The molecule has 0 aliphatic heterocycles. The topological polar surface area (TPSA) is 84.1 Å². The summed E-state index contributed by atoms with van der Waals surface area (Å²) in [6.45, 7) is 1.94. The average Bonchev–Trinajstić information content (AvgIpc) is 3.48. The fraction of sp³-hybridized carbons (Fsp3) is 0.143. The number of benzene rings is 1. The van der Waals surface area contributed by atoms with E-state index in [1.807, 2.05) is 19.1 Å². The Morgan fingerprint density at radius 1 is 1.17 bits per heavy atom. The summed E-state index contributed by atoms with van der Waals surface area (Å²) in [5.41, 5.74) is 1.82. The summed E-state index contributed by atoms with van der Waals surface area (Å²) >= 11 is 13.4. The van der Waals surface area contributed by atoms with Crippen molar-refractivity contribution in [1.29, 1.82) is 0 Å². The lowest BCUT2D eigenvalue weighted by molar-refractivity contribution is -0.115. The standard InChI is InChI=1S/C21H17Cl2N3O3S/c1-2-17(20(27)24-14-8-7-12(22)11-13(14)23)30-21-25-18(15-5-3-9-28-15)19(26-21)16-6-4-10-29-16/h3-11,17H,2H2,1H3,(H,24,27)(H,25,26). The molecule has 0 spiro atoms. The van der Waals surface area contributed by atoms with E-state index in [9.17, 15) is 4.79 Å². The molecule has 0 aliphatic rings. The SMILES string of the molecule is CCC(Sc1nc(-c2ccco2)c(-c2ccco2)[nH]1)C(=O)Nc1ccc(Cl)cc1Cl. The Morgan fingerprint density at radius 2 is 1.90 bits per heavy atom. The first-order valence-electron chi connectivity index (χ1n) is 9.15. The minimum atomic E-state index is -0.392. The molecule has 0 aliphatic carbocycles. The molecule has 3 heterocycles. The molecule has 0 radical (unpaired) electrons. The number of thioether (sulfide) groups is 1. The molecule has 0 bridgehead atoms. The molecule has 0 fully saturated rings. The van der Waals surface area contributed by atoms with Gasteiger partial charge in [-0.3, -0.25) is 4.79 Å². The van der Waals surface area contributed by atoms with Crippen molar-refractivity contribution in [3.8, 4) is 22.9 Å². The molecule has 4 aromatic rings. The number of nitrogens with one attached hydrogen (secondary N) is 2. The summed E-state index contributed by atoms with van der Waals surface area (Å²) in [7, 11) is 0. The van der Waals surface area contributed by atoms with E-state index in [0.29, 0.717) is 50.2 Å². The van der Waals surface area contributed by atoms with Crippen LogP contribution in [0.2, 0.25) is 10.0 Å². The molecule has 0 saturated heterocycles. The highest BCUT2D eigenvalue weighted by atomic mass is 35.5. The normalized spacial score (nSPS) is 12.1. The molecule has 2 N–H and O–H groups in total. The van der Waals surface area contributed by atoms with Gasteiger partial charge in [0, 0.05) is 5.02 Å². The molecule has 1 unspecified atom stereocenters. The number of anilines is 1. The molecule has 0 saturated carbocycles. The predicted molar refractivity (Wildman–Crippen MR) is 119 cm³/mol. The number of nitrogens with zero attached hydrogens (tertiary/aromatic N) is 1. The van der Waals surface area contributed by atoms with Crippen LogP contribution in [0.3, 0.4) is 0 Å². The molecule has 154 valence electrons. The van der Waals surface area contributed by atoms with Gasteiger partial charge < -0.3 is 19.1 Å². The average molecular weight is 462 g/mol. The van der Waals surface area contributed by atoms with Crippen LogP contribution in [-0.2, 0) is 4.79 Å². The molecule has 1 atom stereocenters. The Kier molecular flexibility index (Phi) is 6.22. The van der Waals surface area contributed by atoms with E-state index in [1.54, 1.807) is 42.9 Å². The Hall–Kier alpha value is -2.61. The van der Waals surface area contributed by atoms with Gasteiger partial charge in [-0.05, 0) is 48.9 Å². The summed E-state index contributed by atoms with van der Waals surface area (Å²) < 4.78 is 11.0. The van der Waals surface area contributed by atoms with Crippen LogP contribution >= 0.6 is 35.0 Å². The van der Waals surface area contributed by atoms with Gasteiger partial charge in [-0.1, -0.05) is 41.9 Å². The van der Waals surface area contributed by atoms with E-state index in [2.05, 4.69) is 15.3 Å². The summed E-state index contributed by atoms with van der Waals surface area (Å²) in [5.74, 6) is 1.06. The maximum absolute atomic E-state index is 12.8. The minimum absolute atomic E-state index is 0.179. The van der Waals surface area contributed by atoms with Crippen LogP contribution in [0.15, 0.2) is 69.0 Å². The third kappa shape index (κ3) is 4.43. The lowest BCUT2D eigenvalue weighted by Crippen LogP contribution is -2.24. The van der Waals surface area contributed by atoms with Gasteiger partial charge in [-0.2, -0.15) is 0 Å². The van der Waals surface area contributed by atoms with Gasteiger partial charge in [0.25, 0.3) is 0 Å². The van der Waals surface area contributed by atoms with Crippen LogP contribution < -0.4 is 5.32 Å². The van der Waals surface area contributed by atoms with Crippen LogP contribution in [0.4, 0.5) is 5.69 Å². The summed E-state index contributed by atoms with van der Waals surface area (Å²) in [4.78, 5) is 20.7. The number of H-pyrrole nitrogens is 1. The molecule has 4 rings (SSSR count). The van der Waals surface area contributed by atoms with Crippen LogP contribution in [-0.4, -0.2) is 21.1 Å². The van der Waals surface area contributed by atoms with Gasteiger partial charge in [0.15, 0.2) is 16.7 Å². The van der Waals surface area contributed by atoms with Gasteiger partial charge in [-0.15, -0.1) is 0 Å². The lowest BCUT2D eigenvalue weighted by Gasteiger charge is -2.14. The van der Waals surface area contributed by atoms with Gasteiger partial charge in [0.1, 0.15) is 11.4 Å².